The number of pyridine rings is 1. The average molecular weight is 261 g/mol. The molecule has 1 aliphatic heterocycles. The summed E-state index contributed by atoms with van der Waals surface area (Å²) in [6, 6.07) is 4.08. The van der Waals surface area contributed by atoms with Crippen molar-refractivity contribution in [3.05, 3.63) is 30.1 Å². The number of aromatic nitrogens is 1. The maximum atomic E-state index is 11.3. The fourth-order valence-corrected chi connectivity index (χ4v) is 2.16. The molecule has 1 fully saturated rings. The molecular weight excluding hydrogens is 242 g/mol. The van der Waals surface area contributed by atoms with Crippen LogP contribution in [-0.4, -0.2) is 41.5 Å². The minimum Gasteiger partial charge on any atom is -0.445 e. The Bertz CT molecular complexity index is 445. The van der Waals surface area contributed by atoms with E-state index in [0.717, 1.165) is 19.5 Å². The van der Waals surface area contributed by atoms with Gasteiger partial charge < -0.3 is 9.64 Å². The summed E-state index contributed by atoms with van der Waals surface area (Å²) in [7, 11) is 0. The monoisotopic (exact) mass is 261 g/mol. The van der Waals surface area contributed by atoms with E-state index < -0.39 is 6.09 Å². The summed E-state index contributed by atoms with van der Waals surface area (Å²) in [4.78, 5) is 21.2. The molecule has 0 aromatic carbocycles. The van der Waals surface area contributed by atoms with E-state index in [4.69, 9.17) is 4.74 Å². The van der Waals surface area contributed by atoms with Crippen LogP contribution in [0.4, 0.5) is 4.79 Å². The van der Waals surface area contributed by atoms with E-state index in [2.05, 4.69) is 9.98 Å². The molecule has 0 bridgehead atoms. The maximum Gasteiger partial charge on any atom is 0.435 e. The Kier molecular flexibility index (Phi) is 4.49. The molecule has 5 heteroatoms. The number of hydrogen-bond donors (Lipinski definition) is 0. The highest BCUT2D eigenvalue weighted by atomic mass is 16.6. The van der Waals surface area contributed by atoms with E-state index >= 15 is 0 Å². The van der Waals surface area contributed by atoms with Crippen LogP contribution in [0.1, 0.15) is 31.7 Å². The molecule has 0 saturated carbocycles. The predicted molar refractivity (Wildman–Crippen MR) is 73.3 cm³/mol. The van der Waals surface area contributed by atoms with Crippen LogP contribution in [0.3, 0.4) is 0 Å². The SMILES string of the molecule is CC(C)OC(=O)N=CN1CCC(c2ccncc2)C1. The van der Waals surface area contributed by atoms with Gasteiger partial charge in [-0.25, -0.2) is 4.79 Å². The first-order valence-corrected chi connectivity index (χ1v) is 6.54. The molecule has 1 saturated heterocycles. The summed E-state index contributed by atoms with van der Waals surface area (Å²) in [6.45, 7) is 5.40. The molecule has 1 atom stereocenters. The van der Waals surface area contributed by atoms with Gasteiger partial charge in [-0.15, -0.1) is 0 Å². The third-order valence-corrected chi connectivity index (χ3v) is 3.06. The number of carbonyl (C=O) groups is 1. The standard InChI is InChI=1S/C14H19N3O2/c1-11(2)19-14(18)16-10-17-8-5-13(9-17)12-3-6-15-7-4-12/h3-4,6-7,10-11,13H,5,8-9H2,1-2H3. The molecule has 1 amide bonds. The fraction of sp³-hybridized carbons (Fsp3) is 0.500. The average Bonchev–Trinajstić information content (AvgIpc) is 2.85. The van der Waals surface area contributed by atoms with Gasteiger partial charge in [0.05, 0.1) is 12.4 Å². The number of ether oxygens (including phenoxy) is 1. The van der Waals surface area contributed by atoms with Crippen molar-refractivity contribution < 1.29 is 9.53 Å². The highest BCUT2D eigenvalue weighted by Gasteiger charge is 2.22. The van der Waals surface area contributed by atoms with Crippen molar-refractivity contribution in [3.8, 4) is 0 Å². The Morgan fingerprint density at radius 2 is 2.26 bits per heavy atom. The molecule has 102 valence electrons. The van der Waals surface area contributed by atoms with E-state index in [1.54, 1.807) is 6.34 Å². The smallest absolute Gasteiger partial charge is 0.435 e. The molecule has 0 spiro atoms. The van der Waals surface area contributed by atoms with Crippen LogP contribution in [0.25, 0.3) is 0 Å². The normalized spacial score (nSPS) is 19.3. The van der Waals surface area contributed by atoms with Gasteiger partial charge in [0, 0.05) is 31.4 Å². The zero-order chi connectivity index (χ0) is 13.7. The van der Waals surface area contributed by atoms with Gasteiger partial charge in [-0.3, -0.25) is 4.98 Å². The summed E-state index contributed by atoms with van der Waals surface area (Å²) in [5.41, 5.74) is 1.29. The van der Waals surface area contributed by atoms with Crippen LogP contribution in [0.2, 0.25) is 0 Å². The Morgan fingerprint density at radius 3 is 2.95 bits per heavy atom. The van der Waals surface area contributed by atoms with E-state index in [1.807, 2.05) is 43.3 Å². The number of amides is 1. The molecule has 0 radical (unpaired) electrons. The van der Waals surface area contributed by atoms with Crippen LogP contribution < -0.4 is 0 Å². The van der Waals surface area contributed by atoms with Crippen molar-refractivity contribution in [1.82, 2.24) is 9.88 Å². The minimum atomic E-state index is -0.526. The van der Waals surface area contributed by atoms with Gasteiger partial charge >= 0.3 is 6.09 Å². The van der Waals surface area contributed by atoms with Crippen molar-refractivity contribution in [1.29, 1.82) is 0 Å². The molecule has 1 aliphatic rings. The molecule has 0 aliphatic carbocycles. The molecule has 1 aromatic rings. The third kappa shape index (κ3) is 4.05. The topological polar surface area (TPSA) is 54.8 Å². The summed E-state index contributed by atoms with van der Waals surface area (Å²) >= 11 is 0. The Hall–Kier alpha value is -1.91. The summed E-state index contributed by atoms with van der Waals surface area (Å²) in [5.74, 6) is 0.482. The third-order valence-electron chi connectivity index (χ3n) is 3.06. The van der Waals surface area contributed by atoms with Gasteiger partial charge in [0.1, 0.15) is 0 Å². The Balaban J connectivity index is 1.85. The largest absolute Gasteiger partial charge is 0.445 e. The quantitative estimate of drug-likeness (QED) is 0.619. The lowest BCUT2D eigenvalue weighted by Crippen LogP contribution is -2.19. The van der Waals surface area contributed by atoms with Gasteiger partial charge in [0.15, 0.2) is 0 Å². The Labute approximate surface area is 113 Å². The molecule has 0 N–H and O–H groups in total. The second kappa shape index (κ2) is 6.31. The molecule has 19 heavy (non-hydrogen) atoms. The van der Waals surface area contributed by atoms with E-state index in [-0.39, 0.29) is 6.10 Å². The van der Waals surface area contributed by atoms with Crippen LogP contribution >= 0.6 is 0 Å². The predicted octanol–water partition coefficient (Wildman–Crippen LogP) is 2.44. The number of rotatable bonds is 3. The lowest BCUT2D eigenvalue weighted by atomic mass is 10.0. The van der Waals surface area contributed by atoms with E-state index in [9.17, 15) is 4.79 Å². The second-order valence-corrected chi connectivity index (χ2v) is 4.94. The minimum absolute atomic E-state index is 0.132. The van der Waals surface area contributed by atoms with Gasteiger partial charge in [-0.2, -0.15) is 4.99 Å². The lowest BCUT2D eigenvalue weighted by Gasteiger charge is -2.12. The molecule has 5 nitrogen and oxygen atoms in total. The highest BCUT2D eigenvalue weighted by Crippen LogP contribution is 2.25. The number of aliphatic imine (C=N–C) groups is 1. The zero-order valence-electron chi connectivity index (χ0n) is 11.3. The first-order chi connectivity index (χ1) is 9.15. The summed E-state index contributed by atoms with van der Waals surface area (Å²) in [6.07, 6.45) is 5.62. The fourth-order valence-electron chi connectivity index (χ4n) is 2.16. The van der Waals surface area contributed by atoms with Crippen LogP contribution in [0, 0.1) is 0 Å². The van der Waals surface area contributed by atoms with E-state index in [0.29, 0.717) is 5.92 Å². The zero-order valence-corrected chi connectivity index (χ0v) is 11.3. The summed E-state index contributed by atoms with van der Waals surface area (Å²) < 4.78 is 4.95. The summed E-state index contributed by atoms with van der Waals surface area (Å²) in [5, 5.41) is 0. The van der Waals surface area contributed by atoms with E-state index in [1.165, 1.54) is 5.56 Å². The van der Waals surface area contributed by atoms with Crippen LogP contribution in [0.5, 0.6) is 0 Å². The van der Waals surface area contributed by atoms with Crippen molar-refractivity contribution in [2.75, 3.05) is 13.1 Å². The lowest BCUT2D eigenvalue weighted by molar-refractivity contribution is 0.126. The van der Waals surface area contributed by atoms with Crippen molar-refractivity contribution in [2.24, 2.45) is 4.99 Å². The van der Waals surface area contributed by atoms with Crippen LogP contribution in [-0.2, 0) is 4.74 Å². The van der Waals surface area contributed by atoms with Gasteiger partial charge in [0.2, 0.25) is 0 Å². The number of hydrogen-bond acceptors (Lipinski definition) is 3. The van der Waals surface area contributed by atoms with Crippen molar-refractivity contribution in [2.45, 2.75) is 32.3 Å². The molecule has 2 rings (SSSR count). The molecule has 1 unspecified atom stereocenters. The van der Waals surface area contributed by atoms with Gasteiger partial charge in [0.25, 0.3) is 0 Å². The number of nitrogens with zero attached hydrogens (tertiary/aromatic N) is 3. The number of carbonyl (C=O) groups excluding carboxylic acids is 1. The maximum absolute atomic E-state index is 11.3. The second-order valence-electron chi connectivity index (χ2n) is 4.94. The highest BCUT2D eigenvalue weighted by molar-refractivity contribution is 5.78. The van der Waals surface area contributed by atoms with Gasteiger partial charge in [-0.05, 0) is 38.0 Å². The van der Waals surface area contributed by atoms with Crippen LogP contribution in [0.15, 0.2) is 29.5 Å². The molecular formula is C14H19N3O2. The molecule has 1 aromatic heterocycles. The first kappa shape index (κ1) is 13.5. The van der Waals surface area contributed by atoms with Gasteiger partial charge in [-0.1, -0.05) is 0 Å². The first-order valence-electron chi connectivity index (χ1n) is 6.54. The molecule has 2 heterocycles. The Morgan fingerprint density at radius 1 is 1.53 bits per heavy atom. The van der Waals surface area contributed by atoms with Crippen molar-refractivity contribution in [3.63, 3.8) is 0 Å². The number of likely N-dealkylation sites (tertiary alicyclic amines) is 1. The van der Waals surface area contributed by atoms with Crippen molar-refractivity contribution >= 4 is 12.4 Å².